The maximum Gasteiger partial charge on any atom is 0.231 e. The molecule has 1 aromatic carbocycles. The summed E-state index contributed by atoms with van der Waals surface area (Å²) in [5.41, 5.74) is 0.754. The van der Waals surface area contributed by atoms with Crippen molar-refractivity contribution >= 4 is 17.5 Å². The van der Waals surface area contributed by atoms with E-state index in [-0.39, 0.29) is 37.0 Å². The molecule has 2 aliphatic rings. The Hall–Kier alpha value is -2.24. The summed E-state index contributed by atoms with van der Waals surface area (Å²) < 4.78 is 10.7. The first kappa shape index (κ1) is 17.6. The Bertz CT molecular complexity index is 673. The van der Waals surface area contributed by atoms with Crippen LogP contribution < -0.4 is 14.4 Å². The fourth-order valence-electron chi connectivity index (χ4n) is 3.41. The standard InChI is InChI=1S/C19H26N2O4/c1-5-20(13(4)12(2)3)19(23)14-8-18(22)21(10-14)15-6-7-16-17(9-15)25-11-24-16/h6-7,9,12-14H,5,8,10-11H2,1-4H3/t13-,14-/m0/s1. The van der Waals surface area contributed by atoms with Gasteiger partial charge in [-0.05, 0) is 31.9 Å². The van der Waals surface area contributed by atoms with Gasteiger partial charge in [-0.1, -0.05) is 13.8 Å². The zero-order valence-corrected chi connectivity index (χ0v) is 15.3. The molecule has 25 heavy (non-hydrogen) atoms. The van der Waals surface area contributed by atoms with Gasteiger partial charge in [-0.3, -0.25) is 9.59 Å². The van der Waals surface area contributed by atoms with Crippen LogP contribution in [0.15, 0.2) is 18.2 Å². The number of benzene rings is 1. The highest BCUT2D eigenvalue weighted by atomic mass is 16.7. The summed E-state index contributed by atoms with van der Waals surface area (Å²) in [6, 6.07) is 5.61. The average molecular weight is 346 g/mol. The van der Waals surface area contributed by atoms with Gasteiger partial charge in [0.15, 0.2) is 11.5 Å². The van der Waals surface area contributed by atoms with Crippen molar-refractivity contribution in [1.82, 2.24) is 4.90 Å². The van der Waals surface area contributed by atoms with Crippen LogP contribution in [0.3, 0.4) is 0 Å². The second-order valence-corrected chi connectivity index (χ2v) is 7.05. The highest BCUT2D eigenvalue weighted by Crippen LogP contribution is 2.37. The van der Waals surface area contributed by atoms with Gasteiger partial charge in [-0.15, -0.1) is 0 Å². The Kier molecular flexibility index (Phi) is 4.88. The van der Waals surface area contributed by atoms with Crippen LogP contribution in [0.25, 0.3) is 0 Å². The molecule has 0 unspecified atom stereocenters. The normalized spacial score (nSPS) is 20.3. The van der Waals surface area contributed by atoms with Gasteiger partial charge in [0.1, 0.15) is 0 Å². The molecule has 2 amide bonds. The van der Waals surface area contributed by atoms with Crippen LogP contribution in [0.4, 0.5) is 5.69 Å². The summed E-state index contributed by atoms with van der Waals surface area (Å²) in [5, 5.41) is 0. The molecule has 0 bridgehead atoms. The second-order valence-electron chi connectivity index (χ2n) is 7.05. The van der Waals surface area contributed by atoms with E-state index in [1.165, 1.54) is 0 Å². The first-order chi connectivity index (χ1) is 11.9. The van der Waals surface area contributed by atoms with Crippen molar-refractivity contribution in [2.24, 2.45) is 11.8 Å². The van der Waals surface area contributed by atoms with E-state index in [0.29, 0.717) is 30.5 Å². The average Bonchev–Trinajstić information content (AvgIpc) is 3.20. The van der Waals surface area contributed by atoms with Crippen LogP contribution in [0, 0.1) is 11.8 Å². The minimum Gasteiger partial charge on any atom is -0.454 e. The van der Waals surface area contributed by atoms with Gasteiger partial charge >= 0.3 is 0 Å². The lowest BCUT2D eigenvalue weighted by molar-refractivity contribution is -0.138. The summed E-state index contributed by atoms with van der Waals surface area (Å²) in [7, 11) is 0. The fraction of sp³-hybridized carbons (Fsp3) is 0.579. The molecule has 2 atom stereocenters. The van der Waals surface area contributed by atoms with E-state index in [4.69, 9.17) is 9.47 Å². The zero-order chi connectivity index (χ0) is 18.1. The molecule has 0 radical (unpaired) electrons. The summed E-state index contributed by atoms with van der Waals surface area (Å²) >= 11 is 0. The topological polar surface area (TPSA) is 59.1 Å². The van der Waals surface area contributed by atoms with Crippen molar-refractivity contribution < 1.29 is 19.1 Å². The Labute approximate surface area is 148 Å². The third-order valence-electron chi connectivity index (χ3n) is 5.22. The first-order valence-corrected chi connectivity index (χ1v) is 8.92. The number of carbonyl (C=O) groups is 2. The molecule has 0 aliphatic carbocycles. The number of anilines is 1. The van der Waals surface area contributed by atoms with Crippen molar-refractivity contribution in [3.8, 4) is 11.5 Å². The molecule has 6 nitrogen and oxygen atoms in total. The number of amides is 2. The van der Waals surface area contributed by atoms with Crippen LogP contribution in [0.2, 0.25) is 0 Å². The summed E-state index contributed by atoms with van der Waals surface area (Å²) in [4.78, 5) is 29.0. The summed E-state index contributed by atoms with van der Waals surface area (Å²) in [6.45, 7) is 9.55. The van der Waals surface area contributed by atoms with E-state index in [9.17, 15) is 9.59 Å². The van der Waals surface area contributed by atoms with Crippen LogP contribution in [0.1, 0.15) is 34.1 Å². The Balaban J connectivity index is 1.74. The second kappa shape index (κ2) is 6.94. The zero-order valence-electron chi connectivity index (χ0n) is 15.3. The molecular formula is C19H26N2O4. The van der Waals surface area contributed by atoms with Gasteiger partial charge in [0.2, 0.25) is 18.6 Å². The predicted molar refractivity (Wildman–Crippen MR) is 94.7 cm³/mol. The van der Waals surface area contributed by atoms with E-state index in [2.05, 4.69) is 20.8 Å². The van der Waals surface area contributed by atoms with Crippen molar-refractivity contribution in [3.05, 3.63) is 18.2 Å². The number of hydrogen-bond acceptors (Lipinski definition) is 4. The quantitative estimate of drug-likeness (QED) is 0.822. The molecule has 3 rings (SSSR count). The number of rotatable bonds is 5. The lowest BCUT2D eigenvalue weighted by atomic mass is 10.0. The fourth-order valence-corrected chi connectivity index (χ4v) is 3.41. The van der Waals surface area contributed by atoms with Crippen LogP contribution in [-0.2, 0) is 9.59 Å². The van der Waals surface area contributed by atoms with E-state index in [1.54, 1.807) is 17.0 Å². The van der Waals surface area contributed by atoms with E-state index < -0.39 is 0 Å². The number of ether oxygens (including phenoxy) is 2. The van der Waals surface area contributed by atoms with Gasteiger partial charge in [0.25, 0.3) is 0 Å². The third kappa shape index (κ3) is 3.30. The predicted octanol–water partition coefficient (Wildman–Crippen LogP) is 2.66. The van der Waals surface area contributed by atoms with Gasteiger partial charge < -0.3 is 19.3 Å². The molecule has 1 saturated heterocycles. The van der Waals surface area contributed by atoms with E-state index in [1.807, 2.05) is 17.9 Å². The largest absolute Gasteiger partial charge is 0.454 e. The third-order valence-corrected chi connectivity index (χ3v) is 5.22. The number of hydrogen-bond donors (Lipinski definition) is 0. The highest BCUT2D eigenvalue weighted by Gasteiger charge is 2.38. The van der Waals surface area contributed by atoms with E-state index in [0.717, 1.165) is 5.69 Å². The first-order valence-electron chi connectivity index (χ1n) is 8.92. The van der Waals surface area contributed by atoms with Crippen molar-refractivity contribution in [2.75, 3.05) is 24.8 Å². The smallest absolute Gasteiger partial charge is 0.231 e. The molecule has 0 spiro atoms. The van der Waals surface area contributed by atoms with Crippen molar-refractivity contribution in [3.63, 3.8) is 0 Å². The highest BCUT2D eigenvalue weighted by molar-refractivity contribution is 6.00. The maximum absolute atomic E-state index is 12.9. The van der Waals surface area contributed by atoms with Crippen LogP contribution >= 0.6 is 0 Å². The number of fused-ring (bicyclic) bond motifs is 1. The minimum atomic E-state index is -0.293. The Morgan fingerprint density at radius 1 is 1.28 bits per heavy atom. The van der Waals surface area contributed by atoms with Crippen LogP contribution in [-0.4, -0.2) is 42.6 Å². The van der Waals surface area contributed by atoms with Gasteiger partial charge in [0, 0.05) is 37.3 Å². The molecule has 2 heterocycles. The Morgan fingerprint density at radius 3 is 2.68 bits per heavy atom. The number of carbonyl (C=O) groups excluding carboxylic acids is 2. The van der Waals surface area contributed by atoms with Crippen molar-refractivity contribution in [1.29, 1.82) is 0 Å². The minimum absolute atomic E-state index is 0.0227. The Morgan fingerprint density at radius 2 is 2.00 bits per heavy atom. The molecule has 0 saturated carbocycles. The van der Waals surface area contributed by atoms with Gasteiger partial charge in [-0.25, -0.2) is 0 Å². The molecule has 136 valence electrons. The van der Waals surface area contributed by atoms with E-state index >= 15 is 0 Å². The molecule has 1 fully saturated rings. The molecular weight excluding hydrogens is 320 g/mol. The monoisotopic (exact) mass is 346 g/mol. The molecule has 0 N–H and O–H groups in total. The lowest BCUT2D eigenvalue weighted by Crippen LogP contribution is -2.45. The van der Waals surface area contributed by atoms with Gasteiger partial charge in [0.05, 0.1) is 5.92 Å². The maximum atomic E-state index is 12.9. The molecule has 2 aliphatic heterocycles. The summed E-state index contributed by atoms with van der Waals surface area (Å²) in [5.74, 6) is 1.46. The lowest BCUT2D eigenvalue weighted by Gasteiger charge is -2.32. The number of nitrogens with zero attached hydrogens (tertiary/aromatic N) is 2. The van der Waals surface area contributed by atoms with Gasteiger partial charge in [-0.2, -0.15) is 0 Å². The van der Waals surface area contributed by atoms with Crippen LogP contribution in [0.5, 0.6) is 11.5 Å². The SMILES string of the molecule is CCN(C(=O)[C@H]1CC(=O)N(c2ccc3c(c2)OCO3)C1)[C@@H](C)C(C)C. The molecule has 6 heteroatoms. The molecule has 0 aromatic heterocycles. The summed E-state index contributed by atoms with van der Waals surface area (Å²) in [6.07, 6.45) is 0.259. The van der Waals surface area contributed by atoms with Crippen molar-refractivity contribution in [2.45, 2.75) is 40.2 Å². The molecule has 1 aromatic rings.